The van der Waals surface area contributed by atoms with Gasteiger partial charge in [0.2, 0.25) is 0 Å². The highest BCUT2D eigenvalue weighted by Crippen LogP contribution is 2.22. The van der Waals surface area contributed by atoms with E-state index >= 15 is 0 Å². The number of ether oxygens (including phenoxy) is 1. The molecule has 1 atom stereocenters. The van der Waals surface area contributed by atoms with Crippen LogP contribution in [0.5, 0.6) is 0 Å². The lowest BCUT2D eigenvalue weighted by Crippen LogP contribution is -2.26. The Hall–Kier alpha value is -0.770. The van der Waals surface area contributed by atoms with Gasteiger partial charge in [0.15, 0.2) is 0 Å². The molecule has 0 radical (unpaired) electrons. The molecule has 4 heteroatoms. The van der Waals surface area contributed by atoms with E-state index in [1.165, 1.54) is 0 Å². The first-order valence-electron chi connectivity index (χ1n) is 5.78. The molecule has 1 aromatic carbocycles. The van der Waals surface area contributed by atoms with Crippen LogP contribution >= 0.6 is 11.6 Å². The molecule has 0 aromatic heterocycles. The molecule has 3 nitrogen and oxygen atoms in total. The van der Waals surface area contributed by atoms with Gasteiger partial charge >= 0.3 is 0 Å². The molecule has 0 bridgehead atoms. The summed E-state index contributed by atoms with van der Waals surface area (Å²) < 4.78 is 5.32. The van der Waals surface area contributed by atoms with Crippen LogP contribution in [-0.2, 0) is 4.74 Å². The van der Waals surface area contributed by atoms with Crippen LogP contribution in [0.3, 0.4) is 0 Å². The number of anilines is 1. The largest absolute Gasteiger partial charge is 0.389 e. The van der Waals surface area contributed by atoms with Gasteiger partial charge in [-0.15, -0.1) is 0 Å². The van der Waals surface area contributed by atoms with E-state index < -0.39 is 6.10 Å². The van der Waals surface area contributed by atoms with E-state index in [2.05, 4.69) is 5.32 Å². The lowest BCUT2D eigenvalue weighted by Gasteiger charge is -2.15. The van der Waals surface area contributed by atoms with E-state index in [9.17, 15) is 5.11 Å². The molecule has 0 saturated heterocycles. The number of benzene rings is 1. The van der Waals surface area contributed by atoms with E-state index in [-0.39, 0.29) is 6.10 Å². The fourth-order valence-electron chi connectivity index (χ4n) is 1.36. The molecule has 17 heavy (non-hydrogen) atoms. The van der Waals surface area contributed by atoms with Crippen molar-refractivity contribution in [3.8, 4) is 0 Å². The number of halogens is 1. The molecule has 96 valence electrons. The first-order chi connectivity index (χ1) is 7.99. The molecule has 1 unspecified atom stereocenters. The minimum atomic E-state index is -0.533. The summed E-state index contributed by atoms with van der Waals surface area (Å²) in [5.74, 6) is 0. The number of hydrogen-bond donors (Lipinski definition) is 2. The number of hydrogen-bond acceptors (Lipinski definition) is 3. The Bertz CT molecular complexity index is 355. The predicted octanol–water partition coefficient (Wildman–Crippen LogP) is 2.85. The summed E-state index contributed by atoms with van der Waals surface area (Å²) in [4.78, 5) is 0. The third-order valence-corrected chi connectivity index (χ3v) is 2.60. The number of aliphatic hydroxyl groups excluding tert-OH is 1. The van der Waals surface area contributed by atoms with Crippen LogP contribution in [0.1, 0.15) is 19.4 Å². The minimum Gasteiger partial charge on any atom is -0.389 e. The average molecular weight is 258 g/mol. The highest BCUT2D eigenvalue weighted by molar-refractivity contribution is 6.33. The van der Waals surface area contributed by atoms with Crippen LogP contribution in [0.25, 0.3) is 0 Å². The highest BCUT2D eigenvalue weighted by atomic mass is 35.5. The zero-order valence-electron chi connectivity index (χ0n) is 10.5. The van der Waals surface area contributed by atoms with E-state index in [0.29, 0.717) is 18.2 Å². The van der Waals surface area contributed by atoms with Gasteiger partial charge in [0, 0.05) is 6.54 Å². The summed E-state index contributed by atoms with van der Waals surface area (Å²) >= 11 is 6.03. The summed E-state index contributed by atoms with van der Waals surface area (Å²) in [5.41, 5.74) is 1.97. The predicted molar refractivity (Wildman–Crippen MR) is 71.8 cm³/mol. The van der Waals surface area contributed by atoms with Crippen LogP contribution in [0, 0.1) is 6.92 Å². The van der Waals surface area contributed by atoms with Crippen molar-refractivity contribution in [1.82, 2.24) is 0 Å². The van der Waals surface area contributed by atoms with Gasteiger partial charge in [-0.25, -0.2) is 0 Å². The molecular weight excluding hydrogens is 238 g/mol. The Labute approximate surface area is 108 Å². The van der Waals surface area contributed by atoms with E-state index in [4.69, 9.17) is 16.3 Å². The van der Waals surface area contributed by atoms with Crippen molar-refractivity contribution >= 4 is 17.3 Å². The average Bonchev–Trinajstić information content (AvgIpc) is 2.27. The topological polar surface area (TPSA) is 41.5 Å². The fourth-order valence-corrected chi connectivity index (χ4v) is 1.55. The molecule has 0 aliphatic rings. The van der Waals surface area contributed by atoms with Gasteiger partial charge in [-0.1, -0.05) is 17.7 Å². The van der Waals surface area contributed by atoms with E-state index in [1.807, 2.05) is 39.0 Å². The smallest absolute Gasteiger partial charge is 0.0945 e. The maximum absolute atomic E-state index is 9.69. The SMILES string of the molecule is Cc1ccc(Cl)c(NCC(O)COC(C)C)c1. The van der Waals surface area contributed by atoms with Gasteiger partial charge in [0.05, 0.1) is 29.5 Å². The highest BCUT2D eigenvalue weighted by Gasteiger charge is 2.07. The van der Waals surface area contributed by atoms with Gasteiger partial charge in [-0.2, -0.15) is 0 Å². The van der Waals surface area contributed by atoms with Crippen molar-refractivity contribution < 1.29 is 9.84 Å². The Morgan fingerprint density at radius 3 is 2.76 bits per heavy atom. The van der Waals surface area contributed by atoms with E-state index in [1.54, 1.807) is 0 Å². The zero-order chi connectivity index (χ0) is 12.8. The quantitative estimate of drug-likeness (QED) is 0.824. The molecular formula is C13H20ClNO2. The van der Waals surface area contributed by atoms with Crippen LogP contribution in [0.4, 0.5) is 5.69 Å². The Morgan fingerprint density at radius 1 is 1.41 bits per heavy atom. The molecule has 0 fully saturated rings. The number of rotatable bonds is 6. The van der Waals surface area contributed by atoms with Crippen LogP contribution in [-0.4, -0.2) is 30.5 Å². The molecule has 0 aliphatic heterocycles. The second kappa shape index (κ2) is 6.84. The molecule has 1 rings (SSSR count). The summed E-state index contributed by atoms with van der Waals surface area (Å²) in [5, 5.41) is 13.5. The van der Waals surface area contributed by atoms with Gasteiger partial charge in [0.1, 0.15) is 0 Å². The Morgan fingerprint density at radius 2 is 2.12 bits per heavy atom. The van der Waals surface area contributed by atoms with Gasteiger partial charge < -0.3 is 15.2 Å². The molecule has 2 N–H and O–H groups in total. The zero-order valence-corrected chi connectivity index (χ0v) is 11.3. The van der Waals surface area contributed by atoms with Gasteiger partial charge in [-0.3, -0.25) is 0 Å². The number of aliphatic hydroxyl groups is 1. The third-order valence-electron chi connectivity index (χ3n) is 2.27. The number of aryl methyl sites for hydroxylation is 1. The fraction of sp³-hybridized carbons (Fsp3) is 0.538. The number of nitrogens with one attached hydrogen (secondary N) is 1. The van der Waals surface area contributed by atoms with E-state index in [0.717, 1.165) is 11.3 Å². The van der Waals surface area contributed by atoms with Crippen molar-refractivity contribution in [3.05, 3.63) is 28.8 Å². The van der Waals surface area contributed by atoms with Crippen molar-refractivity contribution in [2.75, 3.05) is 18.5 Å². The summed E-state index contributed by atoms with van der Waals surface area (Å²) in [6, 6.07) is 5.75. The molecule has 1 aromatic rings. The monoisotopic (exact) mass is 257 g/mol. The van der Waals surface area contributed by atoms with Crippen molar-refractivity contribution in [2.45, 2.75) is 33.0 Å². The van der Waals surface area contributed by atoms with Gasteiger partial charge in [0.25, 0.3) is 0 Å². The van der Waals surface area contributed by atoms with Gasteiger partial charge in [-0.05, 0) is 38.5 Å². The molecule has 0 aliphatic carbocycles. The second-order valence-electron chi connectivity index (χ2n) is 4.40. The minimum absolute atomic E-state index is 0.132. The van der Waals surface area contributed by atoms with Crippen molar-refractivity contribution in [1.29, 1.82) is 0 Å². The Kier molecular flexibility index (Phi) is 5.75. The second-order valence-corrected chi connectivity index (χ2v) is 4.81. The van der Waals surface area contributed by atoms with Crippen molar-refractivity contribution in [2.24, 2.45) is 0 Å². The maximum Gasteiger partial charge on any atom is 0.0945 e. The summed E-state index contributed by atoms with van der Waals surface area (Å²) in [6.45, 7) is 6.64. The molecule has 0 heterocycles. The summed E-state index contributed by atoms with van der Waals surface area (Å²) in [7, 11) is 0. The maximum atomic E-state index is 9.69. The first kappa shape index (κ1) is 14.3. The first-order valence-corrected chi connectivity index (χ1v) is 6.16. The molecule has 0 saturated carbocycles. The van der Waals surface area contributed by atoms with Crippen molar-refractivity contribution in [3.63, 3.8) is 0 Å². The van der Waals surface area contributed by atoms with Crippen LogP contribution in [0.15, 0.2) is 18.2 Å². The standard InChI is InChI=1S/C13H20ClNO2/c1-9(2)17-8-11(16)7-15-13-6-10(3)4-5-12(13)14/h4-6,9,11,15-16H,7-8H2,1-3H3. The normalized spacial score (nSPS) is 12.8. The molecule has 0 amide bonds. The van der Waals surface area contributed by atoms with Crippen LogP contribution < -0.4 is 5.32 Å². The Balaban J connectivity index is 2.41. The van der Waals surface area contributed by atoms with Crippen LogP contribution in [0.2, 0.25) is 5.02 Å². The lowest BCUT2D eigenvalue weighted by atomic mass is 10.2. The third kappa shape index (κ3) is 5.39. The summed E-state index contributed by atoms with van der Waals surface area (Å²) in [6.07, 6.45) is -0.402. The molecule has 0 spiro atoms. The lowest BCUT2D eigenvalue weighted by molar-refractivity contribution is 0.0112.